The van der Waals surface area contributed by atoms with Gasteiger partial charge in [-0.25, -0.2) is 0 Å². The Labute approximate surface area is 118 Å². The largest absolute Gasteiger partial charge is 0.481 e. The smallest absolute Gasteiger partial charge is 0.303 e. The molecule has 5 heteroatoms. The number of carboxylic acid groups (broad SMARTS) is 1. The molecular weight excluding hydrogens is 258 g/mol. The van der Waals surface area contributed by atoms with Crippen LogP contribution in [0.2, 0.25) is 0 Å². The van der Waals surface area contributed by atoms with Crippen LogP contribution in [0.3, 0.4) is 0 Å². The minimum absolute atomic E-state index is 0.0559. The summed E-state index contributed by atoms with van der Waals surface area (Å²) in [5.74, 6) is -0.172. The molecule has 0 bridgehead atoms. The van der Waals surface area contributed by atoms with E-state index >= 15 is 0 Å². The van der Waals surface area contributed by atoms with Crippen LogP contribution in [0.1, 0.15) is 19.8 Å². The Kier molecular flexibility index (Phi) is 4.61. The molecule has 2 unspecified atom stereocenters. The van der Waals surface area contributed by atoms with Gasteiger partial charge >= 0.3 is 5.97 Å². The molecule has 1 fully saturated rings. The third kappa shape index (κ3) is 3.73. The molecule has 2 atom stereocenters. The number of likely N-dealkylation sites (tertiary alicyclic amines) is 1. The second-order valence-corrected chi connectivity index (χ2v) is 5.11. The first kappa shape index (κ1) is 14.4. The van der Waals surface area contributed by atoms with Gasteiger partial charge in [0.1, 0.15) is 5.75 Å². The van der Waals surface area contributed by atoms with Gasteiger partial charge < -0.3 is 14.7 Å². The van der Waals surface area contributed by atoms with Gasteiger partial charge in [0.05, 0.1) is 0 Å². The topological polar surface area (TPSA) is 66.8 Å². The number of hydrogen-bond acceptors (Lipinski definition) is 3. The zero-order chi connectivity index (χ0) is 14.5. The molecule has 1 aliphatic heterocycles. The van der Waals surface area contributed by atoms with Gasteiger partial charge in [0.15, 0.2) is 6.10 Å². The zero-order valence-electron chi connectivity index (χ0n) is 11.5. The highest BCUT2D eigenvalue weighted by atomic mass is 16.5. The van der Waals surface area contributed by atoms with E-state index in [2.05, 4.69) is 0 Å². The molecule has 1 amide bonds. The van der Waals surface area contributed by atoms with Crippen LogP contribution in [0.25, 0.3) is 0 Å². The van der Waals surface area contributed by atoms with Gasteiger partial charge in [-0.1, -0.05) is 18.2 Å². The van der Waals surface area contributed by atoms with Crippen molar-refractivity contribution in [3.63, 3.8) is 0 Å². The molecule has 0 spiro atoms. The van der Waals surface area contributed by atoms with Gasteiger partial charge in [0.2, 0.25) is 0 Å². The van der Waals surface area contributed by atoms with Crippen molar-refractivity contribution in [2.45, 2.75) is 25.9 Å². The standard InChI is InChI=1S/C15H19NO4/c1-11(20-13-5-3-2-4-6-13)15(19)16-8-7-12(10-16)9-14(17)18/h2-6,11-12H,7-10H2,1H3,(H,17,18). The number of aliphatic carboxylic acids is 1. The zero-order valence-corrected chi connectivity index (χ0v) is 11.5. The van der Waals surface area contributed by atoms with Gasteiger partial charge in [0, 0.05) is 19.5 Å². The molecule has 0 aromatic heterocycles. The SMILES string of the molecule is CC(Oc1ccccc1)C(=O)N1CCC(CC(=O)O)C1. The van der Waals surface area contributed by atoms with Gasteiger partial charge in [-0.2, -0.15) is 0 Å². The molecule has 1 aliphatic rings. The molecule has 1 aromatic carbocycles. The number of carboxylic acids is 1. The second kappa shape index (κ2) is 6.41. The van der Waals surface area contributed by atoms with Crippen molar-refractivity contribution in [2.24, 2.45) is 5.92 Å². The highest BCUT2D eigenvalue weighted by Crippen LogP contribution is 2.21. The van der Waals surface area contributed by atoms with Crippen LogP contribution in [0.5, 0.6) is 5.75 Å². The number of carbonyl (C=O) groups excluding carboxylic acids is 1. The van der Waals surface area contributed by atoms with Crippen molar-refractivity contribution in [1.82, 2.24) is 4.90 Å². The number of amides is 1. The number of ether oxygens (including phenoxy) is 1. The number of hydrogen-bond donors (Lipinski definition) is 1. The van der Waals surface area contributed by atoms with Crippen molar-refractivity contribution in [3.8, 4) is 5.75 Å². The summed E-state index contributed by atoms with van der Waals surface area (Å²) in [7, 11) is 0. The number of benzene rings is 1. The van der Waals surface area contributed by atoms with E-state index in [0.29, 0.717) is 18.8 Å². The number of rotatable bonds is 5. The van der Waals surface area contributed by atoms with Gasteiger partial charge in [-0.3, -0.25) is 9.59 Å². The van der Waals surface area contributed by atoms with Crippen LogP contribution < -0.4 is 4.74 Å². The lowest BCUT2D eigenvalue weighted by atomic mass is 10.1. The fraction of sp³-hybridized carbons (Fsp3) is 0.467. The first-order valence-electron chi connectivity index (χ1n) is 6.78. The van der Waals surface area contributed by atoms with E-state index in [0.717, 1.165) is 6.42 Å². The molecule has 108 valence electrons. The van der Waals surface area contributed by atoms with Crippen LogP contribution in [0.4, 0.5) is 0 Å². The maximum absolute atomic E-state index is 12.2. The minimum atomic E-state index is -0.808. The van der Waals surface area contributed by atoms with Crippen LogP contribution in [-0.2, 0) is 9.59 Å². The van der Waals surface area contributed by atoms with Crippen molar-refractivity contribution in [3.05, 3.63) is 30.3 Å². The summed E-state index contributed by atoms with van der Waals surface area (Å²) in [6, 6.07) is 9.20. The monoisotopic (exact) mass is 277 g/mol. The Bertz CT molecular complexity index is 474. The summed E-state index contributed by atoms with van der Waals surface area (Å²) in [5, 5.41) is 8.77. The van der Waals surface area contributed by atoms with Crippen molar-refractivity contribution in [2.75, 3.05) is 13.1 Å². The maximum atomic E-state index is 12.2. The van der Waals surface area contributed by atoms with E-state index in [-0.39, 0.29) is 18.2 Å². The highest BCUT2D eigenvalue weighted by Gasteiger charge is 2.30. The fourth-order valence-electron chi connectivity index (χ4n) is 2.46. The highest BCUT2D eigenvalue weighted by molar-refractivity contribution is 5.81. The molecular formula is C15H19NO4. The molecule has 5 nitrogen and oxygen atoms in total. The van der Waals surface area contributed by atoms with E-state index in [1.54, 1.807) is 24.0 Å². The Morgan fingerprint density at radius 3 is 2.75 bits per heavy atom. The van der Waals surface area contributed by atoms with E-state index in [1.807, 2.05) is 18.2 Å². The molecule has 0 aliphatic carbocycles. The van der Waals surface area contributed by atoms with E-state index in [1.165, 1.54) is 0 Å². The molecule has 1 saturated heterocycles. The second-order valence-electron chi connectivity index (χ2n) is 5.11. The van der Waals surface area contributed by atoms with Crippen LogP contribution in [-0.4, -0.2) is 41.1 Å². The lowest BCUT2D eigenvalue weighted by molar-refractivity contribution is -0.139. The third-order valence-corrected chi connectivity index (χ3v) is 3.46. The molecule has 1 heterocycles. The summed E-state index contributed by atoms with van der Waals surface area (Å²) < 4.78 is 5.60. The molecule has 1 N–H and O–H groups in total. The average Bonchev–Trinajstić information content (AvgIpc) is 2.86. The molecule has 0 saturated carbocycles. The first-order valence-corrected chi connectivity index (χ1v) is 6.78. The molecule has 20 heavy (non-hydrogen) atoms. The molecule has 2 rings (SSSR count). The summed E-state index contributed by atoms with van der Waals surface area (Å²) in [4.78, 5) is 24.6. The molecule has 1 aromatic rings. The Morgan fingerprint density at radius 1 is 1.40 bits per heavy atom. The van der Waals surface area contributed by atoms with Crippen molar-refractivity contribution >= 4 is 11.9 Å². The summed E-state index contributed by atoms with van der Waals surface area (Å²) >= 11 is 0. The normalized spacial score (nSPS) is 19.6. The lowest BCUT2D eigenvalue weighted by Crippen LogP contribution is -2.39. The molecule has 0 radical (unpaired) electrons. The Hall–Kier alpha value is -2.04. The van der Waals surface area contributed by atoms with Crippen molar-refractivity contribution < 1.29 is 19.4 Å². The van der Waals surface area contributed by atoms with Crippen LogP contribution in [0.15, 0.2) is 30.3 Å². The van der Waals surface area contributed by atoms with Crippen LogP contribution >= 0.6 is 0 Å². The predicted molar refractivity (Wildman–Crippen MR) is 73.5 cm³/mol. The number of para-hydroxylation sites is 1. The third-order valence-electron chi connectivity index (χ3n) is 3.46. The van der Waals surface area contributed by atoms with E-state index in [4.69, 9.17) is 9.84 Å². The lowest BCUT2D eigenvalue weighted by Gasteiger charge is -2.21. The number of carbonyl (C=O) groups is 2. The summed E-state index contributed by atoms with van der Waals surface area (Å²) in [5.41, 5.74) is 0. The van der Waals surface area contributed by atoms with Gasteiger partial charge in [0.25, 0.3) is 5.91 Å². The quantitative estimate of drug-likeness (QED) is 0.890. The van der Waals surface area contributed by atoms with E-state index < -0.39 is 12.1 Å². The maximum Gasteiger partial charge on any atom is 0.303 e. The predicted octanol–water partition coefficient (Wildman–Crippen LogP) is 1.78. The average molecular weight is 277 g/mol. The first-order chi connectivity index (χ1) is 9.56. The van der Waals surface area contributed by atoms with E-state index in [9.17, 15) is 9.59 Å². The van der Waals surface area contributed by atoms with Crippen molar-refractivity contribution in [1.29, 1.82) is 0 Å². The minimum Gasteiger partial charge on any atom is -0.481 e. The van der Waals surface area contributed by atoms with Gasteiger partial charge in [-0.05, 0) is 31.4 Å². The Morgan fingerprint density at radius 2 is 2.10 bits per heavy atom. The Balaban J connectivity index is 1.87. The summed E-state index contributed by atoms with van der Waals surface area (Å²) in [6.07, 6.45) is 0.314. The number of nitrogens with zero attached hydrogens (tertiary/aromatic N) is 1. The van der Waals surface area contributed by atoms with Crippen LogP contribution in [0, 0.1) is 5.92 Å². The fourth-order valence-corrected chi connectivity index (χ4v) is 2.46. The van der Waals surface area contributed by atoms with Gasteiger partial charge in [-0.15, -0.1) is 0 Å². The summed E-state index contributed by atoms with van der Waals surface area (Å²) in [6.45, 7) is 2.84.